The summed E-state index contributed by atoms with van der Waals surface area (Å²) in [6, 6.07) is 0. The van der Waals surface area contributed by atoms with Crippen LogP contribution in [-0.2, 0) is 0 Å². The fourth-order valence-electron chi connectivity index (χ4n) is 7.97. The SMILES string of the molecule is CC1=C(C(C)(C)C)C(C)C2C=C(N)C3c4c(c(C)c(C)c1c42)C(C)=C(C(C)(C)C)C3C. The van der Waals surface area contributed by atoms with Gasteiger partial charge in [-0.15, -0.1) is 0 Å². The molecule has 0 heterocycles. The Morgan fingerprint density at radius 2 is 1.10 bits per heavy atom. The van der Waals surface area contributed by atoms with Crippen molar-refractivity contribution in [1.82, 2.24) is 0 Å². The molecule has 3 aliphatic carbocycles. The van der Waals surface area contributed by atoms with Crippen LogP contribution in [0.5, 0.6) is 0 Å². The lowest BCUT2D eigenvalue weighted by atomic mass is 9.55. The topological polar surface area (TPSA) is 26.0 Å². The Bertz CT molecular complexity index is 1080. The molecular weight excluding hydrogens is 374 g/mol. The maximum atomic E-state index is 6.95. The molecule has 168 valence electrons. The summed E-state index contributed by atoms with van der Waals surface area (Å²) in [6.45, 7) is 28.5. The molecule has 0 fully saturated rings. The van der Waals surface area contributed by atoms with Gasteiger partial charge in [0.25, 0.3) is 0 Å². The standard InChI is InChI=1S/C30H43N/c1-14-15(2)23-18(5)28(30(10,11)12)19(6)24-21(31)13-20-16(3)27(29(7,8)9)17(4)22(14)25(20)26(23)24/h13,16,19-20,24H,31H2,1-12H3. The van der Waals surface area contributed by atoms with Crippen molar-refractivity contribution in [2.24, 2.45) is 28.4 Å². The van der Waals surface area contributed by atoms with Gasteiger partial charge in [-0.05, 0) is 94.9 Å². The van der Waals surface area contributed by atoms with Crippen molar-refractivity contribution in [1.29, 1.82) is 0 Å². The summed E-state index contributed by atoms with van der Waals surface area (Å²) in [6.07, 6.45) is 2.44. The van der Waals surface area contributed by atoms with Crippen LogP contribution < -0.4 is 5.73 Å². The van der Waals surface area contributed by atoms with Gasteiger partial charge in [-0.2, -0.15) is 0 Å². The fourth-order valence-corrected chi connectivity index (χ4v) is 7.97. The minimum absolute atomic E-state index is 0.136. The highest BCUT2D eigenvalue weighted by atomic mass is 14.7. The lowest BCUT2D eigenvalue weighted by Gasteiger charge is -2.49. The monoisotopic (exact) mass is 417 g/mol. The van der Waals surface area contributed by atoms with Crippen LogP contribution in [0.25, 0.3) is 11.1 Å². The summed E-state index contributed by atoms with van der Waals surface area (Å²) >= 11 is 0. The van der Waals surface area contributed by atoms with Crippen molar-refractivity contribution in [3.63, 3.8) is 0 Å². The summed E-state index contributed by atoms with van der Waals surface area (Å²) in [4.78, 5) is 0. The summed E-state index contributed by atoms with van der Waals surface area (Å²) in [5, 5.41) is 0. The van der Waals surface area contributed by atoms with E-state index in [9.17, 15) is 0 Å². The van der Waals surface area contributed by atoms with Gasteiger partial charge < -0.3 is 5.73 Å². The predicted molar refractivity (Wildman–Crippen MR) is 136 cm³/mol. The molecule has 4 rings (SSSR count). The van der Waals surface area contributed by atoms with Gasteiger partial charge in [0, 0.05) is 17.5 Å². The van der Waals surface area contributed by atoms with E-state index >= 15 is 0 Å². The van der Waals surface area contributed by atoms with Crippen LogP contribution in [0.2, 0.25) is 0 Å². The molecule has 0 amide bonds. The Labute approximate surface area is 190 Å². The van der Waals surface area contributed by atoms with Gasteiger partial charge in [0.1, 0.15) is 0 Å². The summed E-state index contributed by atoms with van der Waals surface area (Å²) in [5.74, 6) is 1.59. The van der Waals surface area contributed by atoms with Crippen LogP contribution in [0.3, 0.4) is 0 Å². The largest absolute Gasteiger partial charge is 0.402 e. The van der Waals surface area contributed by atoms with Crippen molar-refractivity contribution in [3.05, 3.63) is 56.3 Å². The molecule has 31 heavy (non-hydrogen) atoms. The van der Waals surface area contributed by atoms with Crippen LogP contribution >= 0.6 is 0 Å². The highest BCUT2D eigenvalue weighted by Crippen LogP contribution is 2.61. The number of allylic oxidation sites excluding steroid dienone is 6. The van der Waals surface area contributed by atoms with Crippen LogP contribution in [0.1, 0.15) is 114 Å². The molecule has 4 unspecified atom stereocenters. The van der Waals surface area contributed by atoms with Crippen molar-refractivity contribution in [2.45, 2.75) is 94.9 Å². The number of hydrogen-bond acceptors (Lipinski definition) is 1. The summed E-state index contributed by atoms with van der Waals surface area (Å²) in [7, 11) is 0. The van der Waals surface area contributed by atoms with Crippen molar-refractivity contribution in [2.75, 3.05) is 0 Å². The second-order valence-corrected chi connectivity index (χ2v) is 12.7. The van der Waals surface area contributed by atoms with E-state index < -0.39 is 0 Å². The lowest BCUT2D eigenvalue weighted by Crippen LogP contribution is -2.37. The Kier molecular flexibility index (Phi) is 4.79. The zero-order valence-electron chi connectivity index (χ0n) is 22.0. The summed E-state index contributed by atoms with van der Waals surface area (Å²) in [5.41, 5.74) is 23.6. The molecular formula is C30H43N. The first-order valence-corrected chi connectivity index (χ1v) is 12.2. The van der Waals surface area contributed by atoms with Crippen molar-refractivity contribution >= 4 is 11.1 Å². The molecule has 1 nitrogen and oxygen atoms in total. The number of nitrogens with two attached hydrogens (primary N) is 1. The Balaban J connectivity index is 2.21. The summed E-state index contributed by atoms with van der Waals surface area (Å²) < 4.78 is 0. The van der Waals surface area contributed by atoms with Gasteiger partial charge in [-0.25, -0.2) is 0 Å². The average Bonchev–Trinajstić information content (AvgIpc) is 2.58. The van der Waals surface area contributed by atoms with E-state index in [1.165, 1.54) is 33.4 Å². The van der Waals surface area contributed by atoms with Crippen LogP contribution in [-0.4, -0.2) is 0 Å². The van der Waals surface area contributed by atoms with Gasteiger partial charge in [0.15, 0.2) is 0 Å². The highest BCUT2D eigenvalue weighted by molar-refractivity contribution is 5.87. The molecule has 3 aliphatic rings. The van der Waals surface area contributed by atoms with Crippen LogP contribution in [0, 0.1) is 36.5 Å². The van der Waals surface area contributed by atoms with Gasteiger partial charge >= 0.3 is 0 Å². The highest BCUT2D eigenvalue weighted by Gasteiger charge is 2.47. The second-order valence-electron chi connectivity index (χ2n) is 12.7. The Hall–Kier alpha value is -1.76. The second kappa shape index (κ2) is 6.63. The van der Waals surface area contributed by atoms with Crippen molar-refractivity contribution < 1.29 is 0 Å². The quantitative estimate of drug-likeness (QED) is 0.451. The fraction of sp³-hybridized carbons (Fsp3) is 0.600. The van der Waals surface area contributed by atoms with E-state index in [4.69, 9.17) is 5.73 Å². The molecule has 1 aromatic carbocycles. The third-order valence-electron chi connectivity index (χ3n) is 8.64. The molecule has 0 radical (unpaired) electrons. The molecule has 0 bridgehead atoms. The van der Waals surface area contributed by atoms with Crippen LogP contribution in [0.4, 0.5) is 0 Å². The number of hydrogen-bond donors (Lipinski definition) is 1. The lowest BCUT2D eigenvalue weighted by molar-refractivity contribution is 0.387. The van der Waals surface area contributed by atoms with Gasteiger partial charge in [-0.3, -0.25) is 0 Å². The Morgan fingerprint density at radius 3 is 1.55 bits per heavy atom. The van der Waals surface area contributed by atoms with E-state index in [2.05, 4.69) is 89.2 Å². The average molecular weight is 418 g/mol. The zero-order valence-corrected chi connectivity index (χ0v) is 22.0. The van der Waals surface area contributed by atoms with E-state index in [0.29, 0.717) is 23.7 Å². The molecule has 0 saturated carbocycles. The first-order valence-electron chi connectivity index (χ1n) is 12.2. The third kappa shape index (κ3) is 2.87. The van der Waals surface area contributed by atoms with Crippen LogP contribution in [0.15, 0.2) is 22.9 Å². The number of rotatable bonds is 0. The predicted octanol–water partition coefficient (Wildman–Crippen LogP) is 8.27. The zero-order chi connectivity index (χ0) is 23.4. The normalized spacial score (nSPS) is 28.1. The molecule has 0 saturated heterocycles. The van der Waals surface area contributed by atoms with E-state index in [-0.39, 0.29) is 10.8 Å². The third-order valence-corrected chi connectivity index (χ3v) is 8.64. The maximum Gasteiger partial charge on any atom is 0.0305 e. The molecule has 0 spiro atoms. The molecule has 0 aliphatic heterocycles. The molecule has 1 aromatic rings. The van der Waals surface area contributed by atoms with Gasteiger partial charge in [-0.1, -0.05) is 72.6 Å². The molecule has 4 atom stereocenters. The number of benzene rings is 1. The Morgan fingerprint density at radius 1 is 0.677 bits per heavy atom. The van der Waals surface area contributed by atoms with E-state index in [1.54, 1.807) is 22.3 Å². The molecule has 2 N–H and O–H groups in total. The van der Waals surface area contributed by atoms with Gasteiger partial charge in [0.05, 0.1) is 0 Å². The maximum absolute atomic E-state index is 6.95. The van der Waals surface area contributed by atoms with Crippen molar-refractivity contribution in [3.8, 4) is 0 Å². The van der Waals surface area contributed by atoms with E-state index in [0.717, 1.165) is 5.70 Å². The minimum Gasteiger partial charge on any atom is -0.402 e. The molecule has 0 aromatic heterocycles. The van der Waals surface area contributed by atoms with E-state index in [1.807, 2.05) is 0 Å². The minimum atomic E-state index is 0.136. The van der Waals surface area contributed by atoms with Gasteiger partial charge in [0.2, 0.25) is 0 Å². The first kappa shape index (κ1) is 22.4. The smallest absolute Gasteiger partial charge is 0.0305 e. The molecule has 1 heteroatoms. The first-order chi connectivity index (χ1) is 14.1.